The molecule has 16 heavy (non-hydrogen) atoms. The Bertz CT molecular complexity index is 408. The molecule has 86 valence electrons. The monoisotopic (exact) mass is 256 g/mol. The van der Waals surface area contributed by atoms with Gasteiger partial charge in [0.2, 0.25) is 0 Å². The van der Waals surface area contributed by atoms with Crippen LogP contribution in [0.25, 0.3) is 0 Å². The van der Waals surface area contributed by atoms with Gasteiger partial charge >= 0.3 is 0 Å². The van der Waals surface area contributed by atoms with E-state index in [2.05, 4.69) is 9.88 Å². The molecule has 1 aromatic heterocycles. The SMILES string of the molecule is ClCc1cnc(N2CC3CCC2C3)c(Cl)c1. The fraction of sp³-hybridized carbons (Fsp3) is 0.583. The van der Waals surface area contributed by atoms with Crippen molar-refractivity contribution in [1.82, 2.24) is 4.98 Å². The molecule has 2 unspecified atom stereocenters. The number of hydrogen-bond donors (Lipinski definition) is 0. The second kappa shape index (κ2) is 4.08. The van der Waals surface area contributed by atoms with Crippen LogP contribution in [0.4, 0.5) is 5.82 Å². The summed E-state index contributed by atoms with van der Waals surface area (Å²) < 4.78 is 0. The summed E-state index contributed by atoms with van der Waals surface area (Å²) in [5.74, 6) is 2.28. The Morgan fingerprint density at radius 2 is 2.31 bits per heavy atom. The van der Waals surface area contributed by atoms with E-state index in [9.17, 15) is 0 Å². The Labute approximate surface area is 106 Å². The zero-order chi connectivity index (χ0) is 11.1. The van der Waals surface area contributed by atoms with Crippen LogP contribution in [-0.4, -0.2) is 17.6 Å². The molecule has 1 aliphatic heterocycles. The van der Waals surface area contributed by atoms with Crippen molar-refractivity contribution in [3.63, 3.8) is 0 Å². The molecule has 4 heteroatoms. The van der Waals surface area contributed by atoms with Crippen molar-refractivity contribution in [2.24, 2.45) is 5.92 Å². The van der Waals surface area contributed by atoms with Crippen LogP contribution in [0.3, 0.4) is 0 Å². The molecule has 2 nitrogen and oxygen atoms in total. The molecule has 2 fully saturated rings. The molecular formula is C12H14Cl2N2. The molecule has 2 bridgehead atoms. The van der Waals surface area contributed by atoms with Gasteiger partial charge in [0.25, 0.3) is 0 Å². The van der Waals surface area contributed by atoms with Crippen LogP contribution in [0.5, 0.6) is 0 Å². The summed E-state index contributed by atoms with van der Waals surface area (Å²) in [6.07, 6.45) is 5.81. The van der Waals surface area contributed by atoms with Crippen molar-refractivity contribution in [3.05, 3.63) is 22.8 Å². The van der Waals surface area contributed by atoms with Gasteiger partial charge in [0, 0.05) is 24.7 Å². The fourth-order valence-electron chi connectivity index (χ4n) is 2.94. The molecule has 0 N–H and O–H groups in total. The quantitative estimate of drug-likeness (QED) is 0.754. The molecule has 2 heterocycles. The Morgan fingerprint density at radius 1 is 1.44 bits per heavy atom. The first kappa shape index (κ1) is 10.7. The third kappa shape index (κ3) is 1.68. The molecule has 1 saturated carbocycles. The van der Waals surface area contributed by atoms with Crippen LogP contribution in [0.15, 0.2) is 12.3 Å². The lowest BCUT2D eigenvalue weighted by Crippen LogP contribution is -2.32. The number of anilines is 1. The molecule has 3 rings (SSSR count). The van der Waals surface area contributed by atoms with Crippen LogP contribution >= 0.6 is 23.2 Å². The molecule has 2 atom stereocenters. The van der Waals surface area contributed by atoms with Crippen LogP contribution in [0.2, 0.25) is 5.02 Å². The van der Waals surface area contributed by atoms with Crippen LogP contribution in [0, 0.1) is 5.92 Å². The van der Waals surface area contributed by atoms with Gasteiger partial charge in [-0.1, -0.05) is 11.6 Å². The van der Waals surface area contributed by atoms with E-state index in [1.165, 1.54) is 19.3 Å². The Morgan fingerprint density at radius 3 is 2.88 bits per heavy atom. The van der Waals surface area contributed by atoms with Crippen LogP contribution in [0.1, 0.15) is 24.8 Å². The number of hydrogen-bond acceptors (Lipinski definition) is 2. The van der Waals surface area contributed by atoms with Gasteiger partial charge in [-0.3, -0.25) is 0 Å². The highest BCUT2D eigenvalue weighted by Gasteiger charge is 2.38. The van der Waals surface area contributed by atoms with E-state index in [0.29, 0.717) is 11.9 Å². The number of rotatable bonds is 2. The molecule has 0 radical (unpaired) electrons. The zero-order valence-corrected chi connectivity index (χ0v) is 10.5. The third-order valence-electron chi connectivity index (χ3n) is 3.71. The van der Waals surface area contributed by atoms with Crippen molar-refractivity contribution in [2.45, 2.75) is 31.2 Å². The summed E-state index contributed by atoms with van der Waals surface area (Å²) in [4.78, 5) is 6.83. The molecule has 1 saturated heterocycles. The summed E-state index contributed by atoms with van der Waals surface area (Å²) >= 11 is 12.0. The highest BCUT2D eigenvalue weighted by atomic mass is 35.5. The number of piperidine rings is 1. The summed E-state index contributed by atoms with van der Waals surface area (Å²) in [6.45, 7) is 1.12. The van der Waals surface area contributed by atoms with Gasteiger partial charge in [-0.05, 0) is 36.8 Å². The number of pyridine rings is 1. The van der Waals surface area contributed by atoms with E-state index >= 15 is 0 Å². The lowest BCUT2D eigenvalue weighted by Gasteiger charge is -2.28. The lowest BCUT2D eigenvalue weighted by atomic mass is 10.1. The van der Waals surface area contributed by atoms with E-state index in [4.69, 9.17) is 23.2 Å². The van der Waals surface area contributed by atoms with E-state index in [1.54, 1.807) is 0 Å². The first-order valence-electron chi connectivity index (χ1n) is 5.75. The highest BCUT2D eigenvalue weighted by molar-refractivity contribution is 6.33. The maximum atomic E-state index is 6.26. The first-order valence-corrected chi connectivity index (χ1v) is 6.66. The number of alkyl halides is 1. The van der Waals surface area contributed by atoms with Crippen molar-refractivity contribution in [2.75, 3.05) is 11.4 Å². The Balaban J connectivity index is 1.89. The predicted molar refractivity (Wildman–Crippen MR) is 67.3 cm³/mol. The van der Waals surface area contributed by atoms with Gasteiger partial charge in [0.15, 0.2) is 0 Å². The molecule has 1 aromatic rings. The van der Waals surface area contributed by atoms with Crippen molar-refractivity contribution < 1.29 is 0 Å². The number of nitrogens with zero attached hydrogens (tertiary/aromatic N) is 2. The number of fused-ring (bicyclic) bond motifs is 2. The van der Waals surface area contributed by atoms with E-state index in [-0.39, 0.29) is 0 Å². The maximum absolute atomic E-state index is 6.26. The van der Waals surface area contributed by atoms with Gasteiger partial charge in [0.05, 0.1) is 5.02 Å². The van der Waals surface area contributed by atoms with Gasteiger partial charge in [-0.15, -0.1) is 11.6 Å². The summed E-state index contributed by atoms with van der Waals surface area (Å²) in [7, 11) is 0. The fourth-order valence-corrected chi connectivity index (χ4v) is 3.38. The highest BCUT2D eigenvalue weighted by Crippen LogP contribution is 2.41. The molecule has 0 spiro atoms. The summed E-state index contributed by atoms with van der Waals surface area (Å²) in [5, 5.41) is 0.741. The Kier molecular flexibility index (Phi) is 2.72. The third-order valence-corrected chi connectivity index (χ3v) is 4.30. The van der Waals surface area contributed by atoms with Crippen LogP contribution < -0.4 is 4.90 Å². The molecular weight excluding hydrogens is 243 g/mol. The van der Waals surface area contributed by atoms with E-state index in [0.717, 1.165) is 28.9 Å². The van der Waals surface area contributed by atoms with E-state index < -0.39 is 0 Å². The van der Waals surface area contributed by atoms with Crippen molar-refractivity contribution in [3.8, 4) is 0 Å². The Hall–Kier alpha value is -0.470. The van der Waals surface area contributed by atoms with Gasteiger partial charge < -0.3 is 4.90 Å². The minimum absolute atomic E-state index is 0.471. The van der Waals surface area contributed by atoms with Gasteiger partial charge in [-0.25, -0.2) is 4.98 Å². The minimum Gasteiger partial charge on any atom is -0.352 e. The number of halogens is 2. The zero-order valence-electron chi connectivity index (χ0n) is 9.00. The number of aromatic nitrogens is 1. The summed E-state index contributed by atoms with van der Waals surface area (Å²) in [5.41, 5.74) is 0.986. The van der Waals surface area contributed by atoms with Crippen molar-refractivity contribution in [1.29, 1.82) is 0 Å². The van der Waals surface area contributed by atoms with Gasteiger partial charge in [-0.2, -0.15) is 0 Å². The molecule has 0 aromatic carbocycles. The average molecular weight is 257 g/mol. The molecule has 1 aliphatic carbocycles. The predicted octanol–water partition coefficient (Wildman–Crippen LogP) is 3.46. The molecule has 2 aliphatic rings. The summed E-state index contributed by atoms with van der Waals surface area (Å²) in [6, 6.07) is 2.60. The van der Waals surface area contributed by atoms with Crippen molar-refractivity contribution >= 4 is 29.0 Å². The topological polar surface area (TPSA) is 16.1 Å². The largest absolute Gasteiger partial charge is 0.352 e. The van der Waals surface area contributed by atoms with Gasteiger partial charge in [0.1, 0.15) is 5.82 Å². The maximum Gasteiger partial charge on any atom is 0.147 e. The minimum atomic E-state index is 0.471. The smallest absolute Gasteiger partial charge is 0.147 e. The average Bonchev–Trinajstić information content (AvgIpc) is 2.90. The standard InChI is InChI=1S/C12H14Cl2N2/c13-5-9-4-11(14)12(15-6-9)16-7-8-1-2-10(16)3-8/h4,6,8,10H,1-3,5,7H2. The first-order chi connectivity index (χ1) is 7.78. The normalized spacial score (nSPS) is 27.8. The second-order valence-electron chi connectivity index (χ2n) is 4.77. The van der Waals surface area contributed by atoms with Crippen LogP contribution in [-0.2, 0) is 5.88 Å². The lowest BCUT2D eigenvalue weighted by molar-refractivity contribution is 0.550. The van der Waals surface area contributed by atoms with E-state index in [1.807, 2.05) is 12.3 Å². The second-order valence-corrected chi connectivity index (χ2v) is 5.44. The molecule has 0 amide bonds.